The van der Waals surface area contributed by atoms with E-state index in [1.165, 1.54) is 12.1 Å². The lowest BCUT2D eigenvalue weighted by atomic mass is 10.2. The fourth-order valence-electron chi connectivity index (χ4n) is 0.917. The largest absolute Gasteiger partial charge is 0.501 e. The van der Waals surface area contributed by atoms with Crippen LogP contribution in [0.3, 0.4) is 0 Å². The minimum atomic E-state index is -4.30. The van der Waals surface area contributed by atoms with Crippen LogP contribution >= 0.6 is 45.2 Å². The Morgan fingerprint density at radius 3 is 2.18 bits per heavy atom. The lowest BCUT2D eigenvalue weighted by molar-refractivity contribution is -0.211. The number of aldehydes is 1. The van der Waals surface area contributed by atoms with Crippen molar-refractivity contribution in [3.63, 3.8) is 0 Å². The number of hydrogen-bond acceptors (Lipinski definition) is 3. The summed E-state index contributed by atoms with van der Waals surface area (Å²) in [6, 6.07) is 2.64. The first-order chi connectivity index (χ1) is 7.77. The van der Waals surface area contributed by atoms with E-state index in [2.05, 4.69) is 4.74 Å². The predicted molar refractivity (Wildman–Crippen MR) is 70.5 cm³/mol. The molecule has 4 nitrogen and oxygen atoms in total. The van der Waals surface area contributed by atoms with Crippen molar-refractivity contribution in [1.82, 2.24) is 0 Å². The maximum atomic E-state index is 12.9. The zero-order valence-electron chi connectivity index (χ0n) is 7.92. The fraction of sp³-hybridized carbons (Fsp3) is 0.111. The number of rotatable bonds is 4. The van der Waals surface area contributed by atoms with Crippen LogP contribution in [0.25, 0.3) is 0 Å². The third-order valence-corrected chi connectivity index (χ3v) is 3.24. The van der Waals surface area contributed by atoms with E-state index in [-0.39, 0.29) is 12.9 Å². The van der Waals surface area contributed by atoms with Gasteiger partial charge in [-0.2, -0.15) is 8.78 Å². The highest BCUT2D eigenvalue weighted by molar-refractivity contribution is 14.1. The number of carboxylic acid groups (broad SMARTS) is 1. The molecule has 1 rings (SSSR count). The van der Waals surface area contributed by atoms with Gasteiger partial charge in [-0.3, -0.25) is 4.79 Å². The van der Waals surface area contributed by atoms with Crippen LogP contribution in [0.2, 0.25) is 0 Å². The summed E-state index contributed by atoms with van der Waals surface area (Å²) in [6.07, 6.45) is -3.74. The molecule has 92 valence electrons. The zero-order valence-corrected chi connectivity index (χ0v) is 12.2. The van der Waals surface area contributed by atoms with Crippen molar-refractivity contribution >= 4 is 57.4 Å². The first kappa shape index (κ1) is 14.5. The van der Waals surface area contributed by atoms with Gasteiger partial charge in [0.15, 0.2) is 5.75 Å². The van der Waals surface area contributed by atoms with Crippen LogP contribution in [-0.2, 0) is 4.79 Å². The van der Waals surface area contributed by atoms with Gasteiger partial charge in [0.25, 0.3) is 0 Å². The molecule has 0 atom stereocenters. The molecular formula is C9H4F2I2O4. The molecule has 0 aliphatic carbocycles. The Balaban J connectivity index is 3.16. The summed E-state index contributed by atoms with van der Waals surface area (Å²) in [4.78, 5) is 20.8. The Morgan fingerprint density at radius 1 is 1.35 bits per heavy atom. The molecule has 8 heteroatoms. The van der Waals surface area contributed by atoms with Crippen molar-refractivity contribution in [2.45, 2.75) is 6.11 Å². The van der Waals surface area contributed by atoms with E-state index >= 15 is 0 Å². The SMILES string of the molecule is O=Cc1cc(I)c(OC(F)(F)C(=O)O)c(I)c1. The van der Waals surface area contributed by atoms with Crippen LogP contribution in [0.1, 0.15) is 10.4 Å². The smallest absolute Gasteiger partial charge is 0.474 e. The molecule has 0 aliphatic rings. The van der Waals surface area contributed by atoms with Crippen molar-refractivity contribution < 1.29 is 28.2 Å². The molecule has 0 saturated heterocycles. The van der Waals surface area contributed by atoms with E-state index in [4.69, 9.17) is 5.11 Å². The number of alkyl halides is 2. The van der Waals surface area contributed by atoms with E-state index in [0.717, 1.165) is 0 Å². The Hall–Kier alpha value is -0.520. The van der Waals surface area contributed by atoms with Crippen LogP contribution in [0.15, 0.2) is 12.1 Å². The molecule has 0 amide bonds. The molecule has 0 bridgehead atoms. The summed E-state index contributed by atoms with van der Waals surface area (Å²) in [7, 11) is 0. The summed E-state index contributed by atoms with van der Waals surface area (Å²) in [5, 5.41) is 8.25. The van der Waals surface area contributed by atoms with Crippen molar-refractivity contribution in [2.75, 3.05) is 0 Å². The minimum Gasteiger partial charge on any atom is -0.474 e. The van der Waals surface area contributed by atoms with Crippen LogP contribution < -0.4 is 4.74 Å². The van der Waals surface area contributed by atoms with Gasteiger partial charge in [0, 0.05) is 5.56 Å². The third-order valence-electron chi connectivity index (χ3n) is 1.64. The average molecular weight is 468 g/mol. The van der Waals surface area contributed by atoms with Crippen LogP contribution in [0.4, 0.5) is 8.78 Å². The number of ether oxygens (including phenoxy) is 1. The van der Waals surface area contributed by atoms with Crippen molar-refractivity contribution in [3.05, 3.63) is 24.8 Å². The van der Waals surface area contributed by atoms with Gasteiger partial charge in [0.2, 0.25) is 0 Å². The maximum absolute atomic E-state index is 12.9. The van der Waals surface area contributed by atoms with Gasteiger partial charge < -0.3 is 9.84 Å². The van der Waals surface area contributed by atoms with Crippen LogP contribution in [0, 0.1) is 7.14 Å². The molecule has 1 aromatic carbocycles. The van der Waals surface area contributed by atoms with Crippen molar-refractivity contribution in [2.24, 2.45) is 0 Å². The van der Waals surface area contributed by atoms with Gasteiger partial charge in [-0.15, -0.1) is 0 Å². The van der Waals surface area contributed by atoms with Crippen LogP contribution in [-0.4, -0.2) is 23.5 Å². The van der Waals surface area contributed by atoms with Crippen molar-refractivity contribution in [1.29, 1.82) is 0 Å². The van der Waals surface area contributed by atoms with Gasteiger partial charge >= 0.3 is 12.1 Å². The predicted octanol–water partition coefficient (Wildman–Crippen LogP) is 2.76. The molecule has 0 saturated carbocycles. The molecular weight excluding hydrogens is 464 g/mol. The number of carbonyl (C=O) groups is 2. The first-order valence-electron chi connectivity index (χ1n) is 4.02. The Bertz CT molecular complexity index is 453. The number of benzene rings is 1. The molecule has 0 unspecified atom stereocenters. The van der Waals surface area contributed by atoms with E-state index in [1.54, 1.807) is 45.2 Å². The monoisotopic (exact) mass is 468 g/mol. The number of halogens is 4. The van der Waals surface area contributed by atoms with Gasteiger partial charge in [0.05, 0.1) is 7.14 Å². The van der Waals surface area contributed by atoms with E-state index in [9.17, 15) is 18.4 Å². The Labute approximate surface area is 122 Å². The molecule has 0 heterocycles. The maximum Gasteiger partial charge on any atom is 0.501 e. The second-order valence-corrected chi connectivity index (χ2v) is 5.18. The summed E-state index contributed by atoms with van der Waals surface area (Å²) in [6.45, 7) is 0. The Morgan fingerprint density at radius 2 is 1.82 bits per heavy atom. The van der Waals surface area contributed by atoms with Gasteiger partial charge in [0.1, 0.15) is 6.29 Å². The second-order valence-electron chi connectivity index (χ2n) is 2.86. The van der Waals surface area contributed by atoms with Crippen molar-refractivity contribution in [3.8, 4) is 5.75 Å². The molecule has 0 aliphatic heterocycles. The summed E-state index contributed by atoms with van der Waals surface area (Å²) in [5.41, 5.74) is 0.296. The highest BCUT2D eigenvalue weighted by Gasteiger charge is 2.43. The summed E-state index contributed by atoms with van der Waals surface area (Å²) < 4.78 is 30.4. The van der Waals surface area contributed by atoms with E-state index in [1.807, 2.05) is 0 Å². The minimum absolute atomic E-state index is 0.234. The second kappa shape index (κ2) is 5.42. The molecule has 0 radical (unpaired) electrons. The van der Waals surface area contributed by atoms with Gasteiger partial charge in [-0.25, -0.2) is 4.79 Å². The molecule has 17 heavy (non-hydrogen) atoms. The highest BCUT2D eigenvalue weighted by atomic mass is 127. The van der Waals surface area contributed by atoms with Gasteiger partial charge in [-0.05, 0) is 57.3 Å². The molecule has 0 spiro atoms. The summed E-state index contributed by atoms with van der Waals surface area (Å²) in [5.74, 6) is -2.63. The lowest BCUT2D eigenvalue weighted by Gasteiger charge is -2.16. The third kappa shape index (κ3) is 3.47. The lowest BCUT2D eigenvalue weighted by Crippen LogP contribution is -2.35. The number of hydrogen-bond donors (Lipinski definition) is 1. The van der Waals surface area contributed by atoms with Crippen LogP contribution in [0.5, 0.6) is 5.75 Å². The first-order valence-corrected chi connectivity index (χ1v) is 6.18. The quantitative estimate of drug-likeness (QED) is 0.546. The Kier molecular flexibility index (Phi) is 4.63. The zero-order chi connectivity index (χ0) is 13.2. The normalized spacial score (nSPS) is 11.1. The highest BCUT2D eigenvalue weighted by Crippen LogP contribution is 2.32. The molecule has 0 aromatic heterocycles. The molecule has 1 aromatic rings. The standard InChI is InChI=1S/C9H4F2I2O4/c10-9(11,8(15)16)17-7-5(12)1-4(3-14)2-6(7)13/h1-3H,(H,15,16). The van der Waals surface area contributed by atoms with E-state index < -0.39 is 12.1 Å². The average Bonchev–Trinajstić information content (AvgIpc) is 2.22. The molecule has 0 fully saturated rings. The summed E-state index contributed by atoms with van der Waals surface area (Å²) >= 11 is 3.37. The fourth-order valence-corrected chi connectivity index (χ4v) is 2.95. The van der Waals surface area contributed by atoms with Gasteiger partial charge in [-0.1, -0.05) is 0 Å². The topological polar surface area (TPSA) is 63.6 Å². The number of carboxylic acids is 1. The molecule has 1 N–H and O–H groups in total. The number of carbonyl (C=O) groups excluding carboxylic acids is 1. The van der Waals surface area contributed by atoms with E-state index in [0.29, 0.717) is 11.8 Å². The number of aliphatic carboxylic acids is 1.